The lowest BCUT2D eigenvalue weighted by molar-refractivity contribution is -0.130. The van der Waals surface area contributed by atoms with E-state index in [1.54, 1.807) is 4.52 Å². The molecule has 0 N–H and O–H groups in total. The number of thioether (sulfide) groups is 1. The van der Waals surface area contributed by atoms with Crippen LogP contribution in [0.4, 0.5) is 0 Å². The second-order valence-electron chi connectivity index (χ2n) is 6.37. The van der Waals surface area contributed by atoms with Crippen molar-refractivity contribution in [2.45, 2.75) is 51.7 Å². The third-order valence-electron chi connectivity index (χ3n) is 4.35. The lowest BCUT2D eigenvalue weighted by Gasteiger charge is -2.23. The number of nitrogens with zero attached hydrogens (tertiary/aromatic N) is 5. The number of carbonyl (C=O) groups is 1. The summed E-state index contributed by atoms with van der Waals surface area (Å²) < 4.78 is 1.72. The molecule has 0 saturated carbocycles. The van der Waals surface area contributed by atoms with Crippen molar-refractivity contribution in [2.24, 2.45) is 0 Å². The molecule has 1 aliphatic heterocycles. The molecule has 1 atom stereocenters. The molecule has 24 heavy (non-hydrogen) atoms. The van der Waals surface area contributed by atoms with E-state index in [1.165, 1.54) is 12.8 Å². The number of aromatic nitrogens is 4. The van der Waals surface area contributed by atoms with Gasteiger partial charge in [0.1, 0.15) is 0 Å². The lowest BCUT2D eigenvalue weighted by Crippen LogP contribution is -2.36. The van der Waals surface area contributed by atoms with Gasteiger partial charge in [-0.05, 0) is 38.5 Å². The Morgan fingerprint density at radius 1 is 1.33 bits per heavy atom. The van der Waals surface area contributed by atoms with Gasteiger partial charge in [0.25, 0.3) is 5.78 Å². The highest BCUT2D eigenvalue weighted by Crippen LogP contribution is 2.22. The maximum Gasteiger partial charge on any atom is 0.252 e. The highest BCUT2D eigenvalue weighted by molar-refractivity contribution is 7.99. The van der Waals surface area contributed by atoms with E-state index in [4.69, 9.17) is 0 Å². The van der Waals surface area contributed by atoms with Crippen LogP contribution in [0, 0.1) is 13.8 Å². The van der Waals surface area contributed by atoms with Crippen molar-refractivity contribution in [2.75, 3.05) is 18.8 Å². The van der Waals surface area contributed by atoms with Gasteiger partial charge in [0.15, 0.2) is 5.82 Å². The van der Waals surface area contributed by atoms with Gasteiger partial charge in [0.2, 0.25) is 5.91 Å². The minimum atomic E-state index is 0.129. The van der Waals surface area contributed by atoms with Crippen LogP contribution in [0.2, 0.25) is 0 Å². The van der Waals surface area contributed by atoms with Gasteiger partial charge in [0, 0.05) is 29.7 Å². The van der Waals surface area contributed by atoms with E-state index in [2.05, 4.69) is 22.0 Å². The fourth-order valence-electron chi connectivity index (χ4n) is 3.23. The third kappa shape index (κ3) is 3.88. The number of rotatable bonds is 4. The van der Waals surface area contributed by atoms with Crippen molar-refractivity contribution >= 4 is 23.4 Å². The minimum absolute atomic E-state index is 0.129. The smallest absolute Gasteiger partial charge is 0.252 e. The topological polar surface area (TPSA) is 63.4 Å². The van der Waals surface area contributed by atoms with E-state index in [0.29, 0.717) is 16.9 Å². The average Bonchev–Trinajstić information content (AvgIpc) is 2.77. The fourth-order valence-corrected chi connectivity index (χ4v) is 4.32. The van der Waals surface area contributed by atoms with Gasteiger partial charge in [-0.1, -0.05) is 13.3 Å². The highest BCUT2D eigenvalue weighted by atomic mass is 32.2. The normalized spacial score (nSPS) is 18.8. The molecule has 1 saturated heterocycles. The summed E-state index contributed by atoms with van der Waals surface area (Å²) in [7, 11) is 0. The molecular weight excluding hydrogens is 322 g/mol. The van der Waals surface area contributed by atoms with E-state index < -0.39 is 0 Å². The second-order valence-corrected chi connectivity index (χ2v) is 7.95. The van der Waals surface area contributed by atoms with E-state index in [-0.39, 0.29) is 12.3 Å². The molecule has 0 aliphatic carbocycles. The van der Waals surface area contributed by atoms with Crippen molar-refractivity contribution in [3.05, 3.63) is 23.3 Å². The molecule has 3 rings (SSSR count). The van der Waals surface area contributed by atoms with E-state index in [1.807, 2.05) is 36.6 Å². The maximum atomic E-state index is 12.7. The Hall–Kier alpha value is -1.63. The number of hydrogen-bond donors (Lipinski definition) is 0. The first-order valence-corrected chi connectivity index (χ1v) is 9.71. The van der Waals surface area contributed by atoms with Gasteiger partial charge in [0.05, 0.1) is 6.42 Å². The van der Waals surface area contributed by atoms with Gasteiger partial charge in [-0.3, -0.25) is 4.79 Å². The first-order valence-electron chi connectivity index (χ1n) is 8.66. The first kappa shape index (κ1) is 17.2. The number of likely N-dealkylation sites (tertiary alicyclic amines) is 1. The van der Waals surface area contributed by atoms with E-state index >= 15 is 0 Å². The zero-order valence-electron chi connectivity index (χ0n) is 14.7. The van der Waals surface area contributed by atoms with Crippen LogP contribution in [-0.2, 0) is 11.2 Å². The quantitative estimate of drug-likeness (QED) is 0.850. The molecule has 1 amide bonds. The van der Waals surface area contributed by atoms with Gasteiger partial charge in [-0.2, -0.15) is 16.7 Å². The molecule has 1 fully saturated rings. The van der Waals surface area contributed by atoms with Gasteiger partial charge >= 0.3 is 0 Å². The Balaban J connectivity index is 1.72. The van der Waals surface area contributed by atoms with Gasteiger partial charge in [-0.25, -0.2) is 9.50 Å². The standard InChI is InChI=1S/C17H25N5OS/c1-4-24-14-7-5-6-8-21(11-14)16(23)10-15-19-17-18-12(2)9-13(3)22(17)20-15/h9,14H,4-8,10-11H2,1-3H3. The highest BCUT2D eigenvalue weighted by Gasteiger charge is 2.23. The Morgan fingerprint density at radius 3 is 2.96 bits per heavy atom. The summed E-state index contributed by atoms with van der Waals surface area (Å²) in [6.07, 6.45) is 3.75. The van der Waals surface area contributed by atoms with Crippen LogP contribution >= 0.6 is 11.8 Å². The monoisotopic (exact) mass is 347 g/mol. The second kappa shape index (κ2) is 7.51. The molecule has 1 unspecified atom stereocenters. The molecule has 1 aliphatic rings. The zero-order chi connectivity index (χ0) is 17.1. The molecular formula is C17H25N5OS. The summed E-state index contributed by atoms with van der Waals surface area (Å²) in [6, 6.07) is 1.97. The summed E-state index contributed by atoms with van der Waals surface area (Å²) >= 11 is 1.96. The van der Waals surface area contributed by atoms with E-state index in [0.717, 1.165) is 36.7 Å². The van der Waals surface area contributed by atoms with Crippen molar-refractivity contribution in [3.63, 3.8) is 0 Å². The van der Waals surface area contributed by atoms with Gasteiger partial charge in [-0.15, -0.1) is 5.10 Å². The number of amides is 1. The Kier molecular flexibility index (Phi) is 5.38. The van der Waals surface area contributed by atoms with Crippen LogP contribution in [-0.4, -0.2) is 54.5 Å². The Labute approximate surface area is 147 Å². The Bertz CT molecular complexity index is 729. The molecule has 3 heterocycles. The summed E-state index contributed by atoms with van der Waals surface area (Å²) in [5, 5.41) is 5.01. The molecule has 0 radical (unpaired) electrons. The van der Waals surface area contributed by atoms with Crippen molar-refractivity contribution in [1.82, 2.24) is 24.5 Å². The maximum absolute atomic E-state index is 12.7. The molecule has 130 valence electrons. The van der Waals surface area contributed by atoms with Crippen LogP contribution in [0.1, 0.15) is 43.4 Å². The van der Waals surface area contributed by atoms with Gasteiger partial charge < -0.3 is 4.90 Å². The molecule has 6 nitrogen and oxygen atoms in total. The first-order chi connectivity index (χ1) is 11.6. The summed E-state index contributed by atoms with van der Waals surface area (Å²) in [4.78, 5) is 23.5. The molecule has 2 aromatic rings. The number of fused-ring (bicyclic) bond motifs is 1. The van der Waals surface area contributed by atoms with Crippen LogP contribution in [0.25, 0.3) is 5.78 Å². The molecule has 7 heteroatoms. The lowest BCUT2D eigenvalue weighted by atomic mass is 10.2. The number of carbonyl (C=O) groups excluding carboxylic acids is 1. The molecule has 2 aromatic heterocycles. The molecule has 0 spiro atoms. The minimum Gasteiger partial charge on any atom is -0.341 e. The third-order valence-corrected chi connectivity index (χ3v) is 5.54. The van der Waals surface area contributed by atoms with Crippen LogP contribution in [0.3, 0.4) is 0 Å². The molecule has 0 aromatic carbocycles. The summed E-state index contributed by atoms with van der Waals surface area (Å²) in [5.41, 5.74) is 1.90. The largest absolute Gasteiger partial charge is 0.341 e. The number of aryl methyl sites for hydroxylation is 2. The van der Waals surface area contributed by atoms with Crippen molar-refractivity contribution in [3.8, 4) is 0 Å². The number of hydrogen-bond acceptors (Lipinski definition) is 5. The Morgan fingerprint density at radius 2 is 2.17 bits per heavy atom. The van der Waals surface area contributed by atoms with Crippen molar-refractivity contribution < 1.29 is 4.79 Å². The molecule has 0 bridgehead atoms. The summed E-state index contributed by atoms with van der Waals surface area (Å²) in [5.74, 6) is 2.37. The predicted molar refractivity (Wildman–Crippen MR) is 96.3 cm³/mol. The van der Waals surface area contributed by atoms with E-state index in [9.17, 15) is 4.79 Å². The average molecular weight is 347 g/mol. The van der Waals surface area contributed by atoms with Crippen LogP contribution < -0.4 is 0 Å². The summed E-state index contributed by atoms with van der Waals surface area (Å²) in [6.45, 7) is 7.79. The van der Waals surface area contributed by atoms with Crippen LogP contribution in [0.5, 0.6) is 0 Å². The SMILES string of the molecule is CCSC1CCCCN(C(=O)Cc2nc3nc(C)cc(C)n3n2)C1. The van der Waals surface area contributed by atoms with Crippen molar-refractivity contribution in [1.29, 1.82) is 0 Å². The zero-order valence-corrected chi connectivity index (χ0v) is 15.5. The predicted octanol–water partition coefficient (Wildman–Crippen LogP) is 2.42. The fraction of sp³-hybridized carbons (Fsp3) is 0.647. The van der Waals surface area contributed by atoms with Crippen LogP contribution in [0.15, 0.2) is 6.07 Å².